The van der Waals surface area contributed by atoms with Gasteiger partial charge in [-0.2, -0.15) is 0 Å². The number of ether oxygens (including phenoxy) is 1. The van der Waals surface area contributed by atoms with Gasteiger partial charge in [0.15, 0.2) is 5.76 Å². The fourth-order valence-electron chi connectivity index (χ4n) is 5.78. The molecule has 1 aliphatic rings. The summed E-state index contributed by atoms with van der Waals surface area (Å²) in [5, 5.41) is 0.966. The lowest BCUT2D eigenvalue weighted by atomic mass is 10.1. The van der Waals surface area contributed by atoms with Gasteiger partial charge in [0.1, 0.15) is 23.8 Å². The molecule has 0 aliphatic carbocycles. The molecule has 0 saturated carbocycles. The average molecular weight is 650 g/mol. The number of piperidine rings is 1. The van der Waals surface area contributed by atoms with Crippen LogP contribution in [0.15, 0.2) is 89.3 Å². The topological polar surface area (TPSA) is 60.5 Å². The highest BCUT2D eigenvalue weighted by atomic mass is 32.1. The number of furan rings is 1. The van der Waals surface area contributed by atoms with Crippen LogP contribution in [0.1, 0.15) is 77.3 Å². The molecule has 0 N–H and O–H groups in total. The molecular formula is C40H47N3O3S. The first-order chi connectivity index (χ1) is 23.0. The molecule has 3 aromatic heterocycles. The van der Waals surface area contributed by atoms with Crippen LogP contribution in [0.2, 0.25) is 0 Å². The van der Waals surface area contributed by atoms with Crippen LogP contribution >= 0.6 is 11.3 Å². The molecular weight excluding hydrogens is 603 g/mol. The monoisotopic (exact) mass is 649 g/mol. The maximum Gasteiger partial charge on any atom is 0.238 e. The summed E-state index contributed by atoms with van der Waals surface area (Å²) in [6.07, 6.45) is 4.92. The summed E-state index contributed by atoms with van der Waals surface area (Å²) in [6, 6.07) is 28.1. The number of likely N-dealkylation sites (tertiary alicyclic amines) is 1. The van der Waals surface area contributed by atoms with Crippen LogP contribution in [0, 0.1) is 13.8 Å². The van der Waals surface area contributed by atoms with Crippen LogP contribution in [-0.2, 0) is 19.5 Å². The number of aryl methyl sites for hydroxylation is 3. The predicted molar refractivity (Wildman–Crippen MR) is 195 cm³/mol. The van der Waals surface area contributed by atoms with Crippen molar-refractivity contribution in [1.82, 2.24) is 14.5 Å². The molecule has 47 heavy (non-hydrogen) atoms. The average Bonchev–Trinajstić information content (AvgIpc) is 3.85. The van der Waals surface area contributed by atoms with Crippen LogP contribution in [0.25, 0.3) is 22.0 Å². The van der Waals surface area contributed by atoms with Gasteiger partial charge in [0.2, 0.25) is 5.78 Å². The van der Waals surface area contributed by atoms with Gasteiger partial charge in [0.05, 0.1) is 29.0 Å². The van der Waals surface area contributed by atoms with Crippen molar-refractivity contribution in [1.29, 1.82) is 0 Å². The third kappa shape index (κ3) is 8.59. The second-order valence-corrected chi connectivity index (χ2v) is 12.9. The van der Waals surface area contributed by atoms with E-state index in [0.29, 0.717) is 12.4 Å². The minimum atomic E-state index is -0.0316. The molecule has 0 radical (unpaired) electrons. The Hall–Kier alpha value is -4.20. The Morgan fingerprint density at radius 1 is 0.894 bits per heavy atom. The summed E-state index contributed by atoms with van der Waals surface area (Å²) in [6.45, 7) is 15.1. The number of ketones is 1. The zero-order valence-electron chi connectivity index (χ0n) is 28.4. The van der Waals surface area contributed by atoms with Crippen molar-refractivity contribution in [3.63, 3.8) is 0 Å². The van der Waals surface area contributed by atoms with E-state index in [9.17, 15) is 4.79 Å². The van der Waals surface area contributed by atoms with Gasteiger partial charge in [-0.25, -0.2) is 4.98 Å². The highest BCUT2D eigenvalue weighted by Crippen LogP contribution is 2.25. The molecule has 0 bridgehead atoms. The van der Waals surface area contributed by atoms with Crippen LogP contribution in [0.4, 0.5) is 0 Å². The number of thiophene rings is 1. The van der Waals surface area contributed by atoms with Gasteiger partial charge in [-0.1, -0.05) is 63.6 Å². The standard InChI is InChI=1S/C23H29N3O.C15H12O2S.C2H6/c1-18-10-11-20(16-19(18)2)27-15-14-26-22-9-5-4-8-21(22)24-23(26)17-25-12-6-3-7-13-25;1-2-11-7-8-14(18-11)15(16)13-9-10-5-3-4-6-12(10)17-13;1-2/h4-5,8-11,16H,3,6-7,12-15,17H2,1-2H3;3-9H,2H2,1H3;1-2H3. The van der Waals surface area contributed by atoms with Gasteiger partial charge >= 0.3 is 0 Å². The minimum absolute atomic E-state index is 0.0316. The van der Waals surface area contributed by atoms with Crippen molar-refractivity contribution in [3.8, 4) is 5.75 Å². The lowest BCUT2D eigenvalue weighted by molar-refractivity contribution is 0.101. The fourth-order valence-corrected chi connectivity index (χ4v) is 6.67. The Kier molecular flexibility index (Phi) is 12.0. The van der Waals surface area contributed by atoms with Crippen molar-refractivity contribution in [2.75, 3.05) is 19.7 Å². The smallest absolute Gasteiger partial charge is 0.238 e. The molecule has 6 nitrogen and oxygen atoms in total. The van der Waals surface area contributed by atoms with Crippen LogP contribution in [-0.4, -0.2) is 39.9 Å². The molecule has 1 fully saturated rings. The number of aromatic nitrogens is 2. The van der Waals surface area contributed by atoms with Crippen molar-refractivity contribution in [3.05, 3.63) is 117 Å². The molecule has 0 spiro atoms. The predicted octanol–water partition coefficient (Wildman–Crippen LogP) is 10.0. The summed E-state index contributed by atoms with van der Waals surface area (Å²) in [4.78, 5) is 21.7. The molecule has 1 aliphatic heterocycles. The van der Waals surface area contributed by atoms with Crippen molar-refractivity contribution in [2.24, 2.45) is 0 Å². The second kappa shape index (κ2) is 16.6. The molecule has 7 heteroatoms. The number of hydrogen-bond acceptors (Lipinski definition) is 6. The van der Waals surface area contributed by atoms with Gasteiger partial charge in [0, 0.05) is 10.3 Å². The molecule has 7 rings (SSSR count). The van der Waals surface area contributed by atoms with E-state index in [-0.39, 0.29) is 5.78 Å². The summed E-state index contributed by atoms with van der Waals surface area (Å²) in [5.41, 5.74) is 5.61. The van der Waals surface area contributed by atoms with Crippen LogP contribution in [0.5, 0.6) is 5.75 Å². The number of carbonyl (C=O) groups is 1. The minimum Gasteiger partial charge on any atom is -0.492 e. The van der Waals surface area contributed by atoms with E-state index in [0.717, 1.165) is 52.4 Å². The van der Waals surface area contributed by atoms with E-state index in [4.69, 9.17) is 14.1 Å². The largest absolute Gasteiger partial charge is 0.492 e. The Balaban J connectivity index is 0.000000188. The van der Waals surface area contributed by atoms with E-state index < -0.39 is 0 Å². The first kappa shape index (κ1) is 34.1. The number of hydrogen-bond donors (Lipinski definition) is 0. The first-order valence-corrected chi connectivity index (χ1v) is 17.8. The van der Waals surface area contributed by atoms with E-state index in [1.54, 1.807) is 0 Å². The Morgan fingerprint density at radius 2 is 1.66 bits per heavy atom. The fraction of sp³-hybridized carbons (Fsp3) is 0.350. The van der Waals surface area contributed by atoms with Gasteiger partial charge in [-0.05, 0) is 106 Å². The normalized spacial score (nSPS) is 13.1. The van der Waals surface area contributed by atoms with Crippen molar-refractivity contribution in [2.45, 2.75) is 73.4 Å². The van der Waals surface area contributed by atoms with Gasteiger partial charge in [-0.3, -0.25) is 9.69 Å². The molecule has 0 amide bonds. The van der Waals surface area contributed by atoms with Crippen molar-refractivity contribution >= 4 is 39.1 Å². The van der Waals surface area contributed by atoms with E-state index in [2.05, 4.69) is 72.7 Å². The molecule has 1 saturated heterocycles. The Bertz CT molecular complexity index is 1860. The Morgan fingerprint density at radius 3 is 2.40 bits per heavy atom. The number of para-hydroxylation sites is 3. The lowest BCUT2D eigenvalue weighted by Crippen LogP contribution is -2.30. The highest BCUT2D eigenvalue weighted by Gasteiger charge is 2.17. The maximum absolute atomic E-state index is 12.3. The number of imidazole rings is 1. The molecule has 4 heterocycles. The third-order valence-electron chi connectivity index (χ3n) is 8.49. The van der Waals surface area contributed by atoms with Crippen molar-refractivity contribution < 1.29 is 13.9 Å². The summed E-state index contributed by atoms with van der Waals surface area (Å²) >= 11 is 1.54. The molecule has 6 aromatic rings. The maximum atomic E-state index is 12.3. The number of fused-ring (bicyclic) bond motifs is 2. The van der Waals surface area contributed by atoms with Gasteiger partial charge in [0.25, 0.3) is 0 Å². The van der Waals surface area contributed by atoms with Gasteiger partial charge < -0.3 is 13.7 Å². The quantitative estimate of drug-likeness (QED) is 0.146. The summed E-state index contributed by atoms with van der Waals surface area (Å²) in [7, 11) is 0. The van der Waals surface area contributed by atoms with Gasteiger partial charge in [-0.15, -0.1) is 11.3 Å². The van der Waals surface area contributed by atoms with E-state index in [1.807, 2.05) is 56.3 Å². The number of carbonyl (C=O) groups excluding carboxylic acids is 1. The Labute approximate surface area is 283 Å². The molecule has 0 unspecified atom stereocenters. The SMILES string of the molecule is CC.CCc1ccc(C(=O)c2cc3ccccc3o2)s1.Cc1ccc(OCCn2c(CN3CCCCC3)nc3ccccc32)cc1C. The third-order valence-corrected chi connectivity index (χ3v) is 9.72. The van der Waals surface area contributed by atoms with E-state index >= 15 is 0 Å². The lowest BCUT2D eigenvalue weighted by Gasteiger charge is -2.26. The van der Waals surface area contributed by atoms with Crippen LogP contribution < -0.4 is 4.74 Å². The zero-order valence-corrected chi connectivity index (χ0v) is 29.2. The first-order valence-electron chi connectivity index (χ1n) is 17.0. The summed E-state index contributed by atoms with van der Waals surface area (Å²) < 4.78 is 14.0. The zero-order chi connectivity index (χ0) is 33.2. The van der Waals surface area contributed by atoms with Crippen LogP contribution in [0.3, 0.4) is 0 Å². The molecule has 0 atom stereocenters. The van der Waals surface area contributed by atoms with E-state index in [1.165, 1.54) is 65.2 Å². The number of nitrogens with zero attached hydrogens (tertiary/aromatic N) is 3. The second-order valence-electron chi connectivity index (χ2n) is 11.7. The summed E-state index contributed by atoms with van der Waals surface area (Å²) in [5.74, 6) is 2.48. The highest BCUT2D eigenvalue weighted by molar-refractivity contribution is 7.14. The number of benzene rings is 3. The number of rotatable bonds is 9. The molecule has 246 valence electrons. The molecule has 3 aromatic carbocycles.